The van der Waals surface area contributed by atoms with Gasteiger partial charge in [-0.2, -0.15) is 0 Å². The van der Waals surface area contributed by atoms with Crippen molar-refractivity contribution in [3.8, 4) is 11.5 Å². The van der Waals surface area contributed by atoms with E-state index < -0.39 is 0 Å². The van der Waals surface area contributed by atoms with Crippen LogP contribution < -0.4 is 14.8 Å². The maximum atomic E-state index is 9.24. The predicted molar refractivity (Wildman–Crippen MR) is 67.9 cm³/mol. The van der Waals surface area contributed by atoms with Gasteiger partial charge in [0.1, 0.15) is 13.2 Å². The van der Waals surface area contributed by atoms with Crippen LogP contribution in [0.5, 0.6) is 11.5 Å². The predicted octanol–water partition coefficient (Wildman–Crippen LogP) is 1.32. The molecule has 0 atom stereocenters. The van der Waals surface area contributed by atoms with Gasteiger partial charge in [-0.25, -0.2) is 0 Å². The molecule has 2 N–H and O–H groups in total. The van der Waals surface area contributed by atoms with E-state index >= 15 is 0 Å². The molecule has 1 fully saturated rings. The molecule has 1 aromatic carbocycles. The second kappa shape index (κ2) is 4.78. The SMILES string of the molecule is OCC1(CNCc2ccc3c(c2)OCCO3)CC1. The zero-order valence-corrected chi connectivity index (χ0v) is 10.4. The molecular formula is C14H19NO3. The molecule has 4 nitrogen and oxygen atoms in total. The Labute approximate surface area is 107 Å². The summed E-state index contributed by atoms with van der Waals surface area (Å²) < 4.78 is 11.0. The van der Waals surface area contributed by atoms with Crippen LogP contribution in [0.4, 0.5) is 0 Å². The molecule has 4 heteroatoms. The summed E-state index contributed by atoms with van der Waals surface area (Å²) in [6.07, 6.45) is 2.27. The summed E-state index contributed by atoms with van der Waals surface area (Å²) in [6.45, 7) is 3.23. The molecule has 18 heavy (non-hydrogen) atoms. The molecule has 2 aliphatic rings. The largest absolute Gasteiger partial charge is 0.486 e. The smallest absolute Gasteiger partial charge is 0.161 e. The minimum Gasteiger partial charge on any atom is -0.486 e. The van der Waals surface area contributed by atoms with E-state index in [0.717, 1.165) is 37.4 Å². The van der Waals surface area contributed by atoms with E-state index in [-0.39, 0.29) is 5.41 Å². The van der Waals surface area contributed by atoms with E-state index in [9.17, 15) is 5.11 Å². The summed E-state index contributed by atoms with van der Waals surface area (Å²) in [6, 6.07) is 6.05. The van der Waals surface area contributed by atoms with Crippen LogP contribution in [-0.2, 0) is 6.54 Å². The van der Waals surface area contributed by atoms with Gasteiger partial charge in [0.25, 0.3) is 0 Å². The zero-order chi connectivity index (χ0) is 12.4. The van der Waals surface area contributed by atoms with E-state index in [2.05, 4.69) is 11.4 Å². The fourth-order valence-corrected chi connectivity index (χ4v) is 2.24. The van der Waals surface area contributed by atoms with E-state index in [0.29, 0.717) is 19.8 Å². The highest BCUT2D eigenvalue weighted by atomic mass is 16.6. The van der Waals surface area contributed by atoms with Gasteiger partial charge in [-0.05, 0) is 30.5 Å². The van der Waals surface area contributed by atoms with Gasteiger partial charge in [0.05, 0.1) is 0 Å². The molecule has 0 saturated heterocycles. The third kappa shape index (κ3) is 2.44. The first kappa shape index (κ1) is 11.8. The van der Waals surface area contributed by atoms with E-state index in [1.807, 2.05) is 12.1 Å². The lowest BCUT2D eigenvalue weighted by molar-refractivity contribution is 0.171. The van der Waals surface area contributed by atoms with Crippen molar-refractivity contribution in [3.05, 3.63) is 23.8 Å². The number of hydrogen-bond acceptors (Lipinski definition) is 4. The summed E-state index contributed by atoms with van der Waals surface area (Å²) in [4.78, 5) is 0. The van der Waals surface area contributed by atoms with Gasteiger partial charge in [-0.3, -0.25) is 0 Å². The minimum atomic E-state index is 0.161. The van der Waals surface area contributed by atoms with Gasteiger partial charge < -0.3 is 19.9 Å². The maximum Gasteiger partial charge on any atom is 0.161 e. The van der Waals surface area contributed by atoms with Crippen molar-refractivity contribution in [3.63, 3.8) is 0 Å². The fourth-order valence-electron chi connectivity index (χ4n) is 2.24. The lowest BCUT2D eigenvalue weighted by Crippen LogP contribution is -2.26. The molecule has 1 aromatic rings. The molecule has 0 bridgehead atoms. The number of aliphatic hydroxyl groups excluding tert-OH is 1. The van der Waals surface area contributed by atoms with Gasteiger partial charge in [0, 0.05) is 25.1 Å². The van der Waals surface area contributed by atoms with Crippen LogP contribution in [-0.4, -0.2) is 31.5 Å². The topological polar surface area (TPSA) is 50.7 Å². The monoisotopic (exact) mass is 249 g/mol. The Hall–Kier alpha value is -1.26. The molecule has 3 rings (SSSR count). The second-order valence-corrected chi connectivity index (χ2v) is 5.24. The van der Waals surface area contributed by atoms with Crippen LogP contribution in [0.15, 0.2) is 18.2 Å². The highest BCUT2D eigenvalue weighted by Gasteiger charge is 2.41. The zero-order valence-electron chi connectivity index (χ0n) is 10.4. The third-order valence-corrected chi connectivity index (χ3v) is 3.73. The Morgan fingerprint density at radius 2 is 1.94 bits per heavy atom. The molecule has 1 heterocycles. The van der Waals surface area contributed by atoms with E-state index in [1.54, 1.807) is 0 Å². The first-order chi connectivity index (χ1) is 8.81. The Bertz CT molecular complexity index is 429. The Morgan fingerprint density at radius 3 is 2.67 bits per heavy atom. The van der Waals surface area contributed by atoms with Gasteiger partial charge in [0.2, 0.25) is 0 Å². The lowest BCUT2D eigenvalue weighted by Gasteiger charge is -2.19. The first-order valence-electron chi connectivity index (χ1n) is 6.51. The molecule has 0 unspecified atom stereocenters. The van der Waals surface area contributed by atoms with Gasteiger partial charge in [-0.1, -0.05) is 6.07 Å². The van der Waals surface area contributed by atoms with Crippen LogP contribution in [0.3, 0.4) is 0 Å². The van der Waals surface area contributed by atoms with Crippen molar-refractivity contribution >= 4 is 0 Å². The van der Waals surface area contributed by atoms with Crippen LogP contribution >= 0.6 is 0 Å². The number of hydrogen-bond donors (Lipinski definition) is 2. The second-order valence-electron chi connectivity index (χ2n) is 5.24. The molecule has 1 aliphatic heterocycles. The number of aliphatic hydroxyl groups is 1. The van der Waals surface area contributed by atoms with Crippen molar-refractivity contribution < 1.29 is 14.6 Å². The number of fused-ring (bicyclic) bond motifs is 1. The number of ether oxygens (including phenoxy) is 2. The van der Waals surface area contributed by atoms with E-state index in [1.165, 1.54) is 5.56 Å². The average Bonchev–Trinajstić information content (AvgIpc) is 3.19. The molecule has 0 aromatic heterocycles. The van der Waals surface area contributed by atoms with Crippen molar-refractivity contribution in [2.24, 2.45) is 5.41 Å². The van der Waals surface area contributed by atoms with Crippen molar-refractivity contribution in [1.82, 2.24) is 5.32 Å². The molecule has 98 valence electrons. The summed E-state index contributed by atoms with van der Waals surface area (Å²) >= 11 is 0. The lowest BCUT2D eigenvalue weighted by atomic mass is 10.1. The van der Waals surface area contributed by atoms with Crippen LogP contribution in [0.2, 0.25) is 0 Å². The summed E-state index contributed by atoms with van der Waals surface area (Å²) in [5.74, 6) is 1.67. The Balaban J connectivity index is 1.56. The number of nitrogens with one attached hydrogen (secondary N) is 1. The first-order valence-corrected chi connectivity index (χ1v) is 6.51. The summed E-state index contributed by atoms with van der Waals surface area (Å²) in [5.41, 5.74) is 1.35. The normalized spacial score (nSPS) is 19.6. The Morgan fingerprint density at radius 1 is 1.17 bits per heavy atom. The molecular weight excluding hydrogens is 230 g/mol. The van der Waals surface area contributed by atoms with Gasteiger partial charge in [0.15, 0.2) is 11.5 Å². The maximum absolute atomic E-state index is 9.24. The quantitative estimate of drug-likeness (QED) is 0.826. The van der Waals surface area contributed by atoms with Crippen molar-refractivity contribution in [1.29, 1.82) is 0 Å². The van der Waals surface area contributed by atoms with Crippen molar-refractivity contribution in [2.45, 2.75) is 19.4 Å². The Kier molecular flexibility index (Phi) is 3.14. The molecule has 1 aliphatic carbocycles. The highest BCUT2D eigenvalue weighted by molar-refractivity contribution is 5.43. The van der Waals surface area contributed by atoms with Crippen LogP contribution in [0, 0.1) is 5.41 Å². The minimum absolute atomic E-state index is 0.161. The molecule has 0 radical (unpaired) electrons. The fraction of sp³-hybridized carbons (Fsp3) is 0.571. The average molecular weight is 249 g/mol. The molecule has 0 spiro atoms. The van der Waals surface area contributed by atoms with Crippen molar-refractivity contribution in [2.75, 3.05) is 26.4 Å². The number of benzene rings is 1. The molecule has 1 saturated carbocycles. The van der Waals surface area contributed by atoms with Crippen LogP contribution in [0.25, 0.3) is 0 Å². The standard InChI is InChI=1S/C14H19NO3/c16-10-14(3-4-14)9-15-8-11-1-2-12-13(7-11)18-6-5-17-12/h1-2,7,15-16H,3-6,8-10H2. The third-order valence-electron chi connectivity index (χ3n) is 3.73. The van der Waals surface area contributed by atoms with Crippen LogP contribution in [0.1, 0.15) is 18.4 Å². The van der Waals surface area contributed by atoms with Gasteiger partial charge in [-0.15, -0.1) is 0 Å². The number of rotatable bonds is 5. The summed E-state index contributed by atoms with van der Waals surface area (Å²) in [5, 5.41) is 12.6. The summed E-state index contributed by atoms with van der Waals surface area (Å²) in [7, 11) is 0. The van der Waals surface area contributed by atoms with Gasteiger partial charge >= 0.3 is 0 Å². The highest BCUT2D eigenvalue weighted by Crippen LogP contribution is 2.44. The van der Waals surface area contributed by atoms with E-state index in [4.69, 9.17) is 9.47 Å². The molecule has 0 amide bonds.